The summed E-state index contributed by atoms with van der Waals surface area (Å²) in [5.41, 5.74) is 0. The lowest BCUT2D eigenvalue weighted by atomic mass is 10.0. The maximum Gasteiger partial charge on any atom is 0.306 e. The Morgan fingerprint density at radius 1 is 0.274 bits per heavy atom. The first kappa shape index (κ1) is 70.1. The Hall–Kier alpha value is -2.89. The number of rotatable bonds is 58. The topological polar surface area (TPSA) is 78.9 Å². The van der Waals surface area contributed by atoms with Gasteiger partial charge in [-0.1, -0.05) is 261 Å². The van der Waals surface area contributed by atoms with Gasteiger partial charge in [0.05, 0.1) is 0 Å². The third-order valence-corrected chi connectivity index (χ3v) is 14.0. The SMILES string of the molecule is CCCCC/C=C\C/C=C\C/C=C\CCCCCCCCC(=O)OC(COC(=O)CCCCCCC/C=C\CCCCCC)COC(=O)CCCCCCCCCCCCC/C=C\CCCCCCCCCC. The standard InChI is InChI=1S/C67H120O6/c1-4-7-10-13-16-19-22-25-27-29-31-32-33-34-36-37-39-42-45-48-51-54-57-60-66(69)72-63-64(62-71-65(68)59-56-53-50-47-44-41-24-21-18-15-12-9-6-3)73-67(70)61-58-55-52-49-46-43-40-38-35-30-28-26-23-20-17-14-11-8-5-2/h17,20-21,24,26,28-29,31,35,38,64H,4-16,18-19,22-23,25,27,30,32-34,36-37,39-63H2,1-3H3/b20-17-,24-21-,28-26-,31-29-,38-35-. The fraction of sp³-hybridized carbons (Fsp3) is 0.806. The molecule has 6 nitrogen and oxygen atoms in total. The van der Waals surface area contributed by atoms with Crippen LogP contribution in [0, 0.1) is 0 Å². The number of esters is 3. The predicted molar refractivity (Wildman–Crippen MR) is 316 cm³/mol. The summed E-state index contributed by atoms with van der Waals surface area (Å²) in [5.74, 6) is -0.889. The molecule has 0 aliphatic carbocycles. The summed E-state index contributed by atoms with van der Waals surface area (Å²) in [6.07, 6.45) is 77.9. The molecule has 1 atom stereocenters. The van der Waals surface area contributed by atoms with Gasteiger partial charge in [-0.2, -0.15) is 0 Å². The lowest BCUT2D eigenvalue weighted by Crippen LogP contribution is -2.30. The second-order valence-electron chi connectivity index (χ2n) is 21.3. The quantitative estimate of drug-likeness (QED) is 0.0261. The fourth-order valence-electron chi connectivity index (χ4n) is 9.15. The minimum absolute atomic E-state index is 0.0810. The molecule has 0 N–H and O–H groups in total. The maximum atomic E-state index is 12.9. The van der Waals surface area contributed by atoms with Crippen LogP contribution >= 0.6 is 0 Å². The van der Waals surface area contributed by atoms with Crippen LogP contribution in [0.5, 0.6) is 0 Å². The van der Waals surface area contributed by atoms with Crippen molar-refractivity contribution in [2.75, 3.05) is 13.2 Å². The van der Waals surface area contributed by atoms with Crippen molar-refractivity contribution in [3.63, 3.8) is 0 Å². The molecular weight excluding hydrogens is 901 g/mol. The van der Waals surface area contributed by atoms with E-state index in [0.717, 1.165) is 89.9 Å². The number of allylic oxidation sites excluding steroid dienone is 10. The molecule has 6 heteroatoms. The highest BCUT2D eigenvalue weighted by molar-refractivity contribution is 5.71. The zero-order valence-electron chi connectivity index (χ0n) is 48.7. The molecule has 0 saturated heterocycles. The van der Waals surface area contributed by atoms with Crippen molar-refractivity contribution in [2.24, 2.45) is 0 Å². The van der Waals surface area contributed by atoms with E-state index in [1.54, 1.807) is 0 Å². The van der Waals surface area contributed by atoms with Crippen molar-refractivity contribution in [1.29, 1.82) is 0 Å². The lowest BCUT2D eigenvalue weighted by molar-refractivity contribution is -0.167. The zero-order chi connectivity index (χ0) is 52.9. The largest absolute Gasteiger partial charge is 0.462 e. The lowest BCUT2D eigenvalue weighted by Gasteiger charge is -2.18. The second kappa shape index (κ2) is 61.7. The van der Waals surface area contributed by atoms with E-state index in [-0.39, 0.29) is 31.1 Å². The summed E-state index contributed by atoms with van der Waals surface area (Å²) >= 11 is 0. The molecule has 0 amide bonds. The van der Waals surface area contributed by atoms with Crippen LogP contribution in [-0.2, 0) is 28.6 Å². The minimum Gasteiger partial charge on any atom is -0.462 e. The Kier molecular flexibility index (Phi) is 59.2. The van der Waals surface area contributed by atoms with Gasteiger partial charge in [0.2, 0.25) is 0 Å². The number of ether oxygens (including phenoxy) is 3. The third kappa shape index (κ3) is 59.9. The Morgan fingerprint density at radius 2 is 0.493 bits per heavy atom. The summed E-state index contributed by atoms with van der Waals surface area (Å²) in [4.78, 5) is 38.3. The number of carbonyl (C=O) groups excluding carboxylic acids is 3. The maximum absolute atomic E-state index is 12.9. The van der Waals surface area contributed by atoms with Crippen molar-refractivity contribution in [2.45, 2.75) is 335 Å². The molecule has 0 aromatic heterocycles. The van der Waals surface area contributed by atoms with Crippen molar-refractivity contribution < 1.29 is 28.6 Å². The van der Waals surface area contributed by atoms with Crippen molar-refractivity contribution >= 4 is 17.9 Å². The van der Waals surface area contributed by atoms with Crippen molar-refractivity contribution in [3.05, 3.63) is 60.8 Å². The average molecular weight is 1020 g/mol. The van der Waals surface area contributed by atoms with E-state index in [2.05, 4.69) is 81.5 Å². The predicted octanol–water partition coefficient (Wildman–Crippen LogP) is 21.6. The Balaban J connectivity index is 4.33. The average Bonchev–Trinajstić information content (AvgIpc) is 3.39. The summed E-state index contributed by atoms with van der Waals surface area (Å²) in [5, 5.41) is 0. The van der Waals surface area contributed by atoms with Crippen LogP contribution in [0.1, 0.15) is 329 Å². The summed E-state index contributed by atoms with van der Waals surface area (Å²) in [6, 6.07) is 0. The molecule has 0 bridgehead atoms. The summed E-state index contributed by atoms with van der Waals surface area (Å²) in [6.45, 7) is 6.62. The van der Waals surface area contributed by atoms with E-state index in [4.69, 9.17) is 14.2 Å². The Bertz CT molecular complexity index is 1310. The molecule has 0 rings (SSSR count). The van der Waals surface area contributed by atoms with E-state index in [1.807, 2.05) is 0 Å². The van der Waals surface area contributed by atoms with Gasteiger partial charge in [-0.05, 0) is 109 Å². The van der Waals surface area contributed by atoms with Gasteiger partial charge in [-0.25, -0.2) is 0 Å². The van der Waals surface area contributed by atoms with E-state index in [9.17, 15) is 14.4 Å². The van der Waals surface area contributed by atoms with Crippen LogP contribution < -0.4 is 0 Å². The Labute approximate surface area is 453 Å². The van der Waals surface area contributed by atoms with Crippen molar-refractivity contribution in [3.8, 4) is 0 Å². The zero-order valence-corrected chi connectivity index (χ0v) is 48.7. The first-order valence-corrected chi connectivity index (χ1v) is 31.8. The summed E-state index contributed by atoms with van der Waals surface area (Å²) < 4.78 is 16.9. The highest BCUT2D eigenvalue weighted by Gasteiger charge is 2.19. The fourth-order valence-corrected chi connectivity index (χ4v) is 9.15. The highest BCUT2D eigenvalue weighted by Crippen LogP contribution is 2.16. The monoisotopic (exact) mass is 1020 g/mol. The molecule has 0 aliphatic rings. The van der Waals surface area contributed by atoms with Gasteiger partial charge in [-0.3, -0.25) is 14.4 Å². The first-order valence-electron chi connectivity index (χ1n) is 31.8. The molecule has 0 spiro atoms. The highest BCUT2D eigenvalue weighted by atomic mass is 16.6. The smallest absolute Gasteiger partial charge is 0.306 e. The van der Waals surface area contributed by atoms with Gasteiger partial charge in [0.15, 0.2) is 6.10 Å². The Morgan fingerprint density at radius 3 is 0.822 bits per heavy atom. The van der Waals surface area contributed by atoms with Crippen molar-refractivity contribution in [1.82, 2.24) is 0 Å². The normalized spacial score (nSPS) is 12.4. The molecule has 0 saturated carbocycles. The van der Waals surface area contributed by atoms with Gasteiger partial charge in [0.1, 0.15) is 13.2 Å². The molecule has 0 aromatic carbocycles. The number of hydrogen-bond acceptors (Lipinski definition) is 6. The number of hydrogen-bond donors (Lipinski definition) is 0. The third-order valence-electron chi connectivity index (χ3n) is 14.0. The molecule has 1 unspecified atom stereocenters. The van der Waals surface area contributed by atoms with E-state index < -0.39 is 6.10 Å². The van der Waals surface area contributed by atoms with Gasteiger partial charge in [-0.15, -0.1) is 0 Å². The molecule has 0 aliphatic heterocycles. The number of carbonyl (C=O) groups is 3. The molecule has 424 valence electrons. The minimum atomic E-state index is -0.785. The molecule has 0 radical (unpaired) electrons. The van der Waals surface area contributed by atoms with Gasteiger partial charge < -0.3 is 14.2 Å². The summed E-state index contributed by atoms with van der Waals surface area (Å²) in [7, 11) is 0. The molecule has 0 aromatic rings. The first-order chi connectivity index (χ1) is 36.0. The van der Waals surface area contributed by atoms with Gasteiger partial charge >= 0.3 is 17.9 Å². The molecule has 73 heavy (non-hydrogen) atoms. The number of unbranched alkanes of at least 4 members (excludes halogenated alkanes) is 37. The molecule has 0 heterocycles. The molecule has 0 fully saturated rings. The van der Waals surface area contributed by atoms with Gasteiger partial charge in [0.25, 0.3) is 0 Å². The van der Waals surface area contributed by atoms with E-state index in [1.165, 1.54) is 199 Å². The van der Waals surface area contributed by atoms with Crippen LogP contribution in [0.3, 0.4) is 0 Å². The van der Waals surface area contributed by atoms with Gasteiger partial charge in [0, 0.05) is 19.3 Å². The van der Waals surface area contributed by atoms with E-state index >= 15 is 0 Å². The van der Waals surface area contributed by atoms with Crippen LogP contribution in [0.4, 0.5) is 0 Å². The van der Waals surface area contributed by atoms with Crippen LogP contribution in [-0.4, -0.2) is 37.2 Å². The second-order valence-corrected chi connectivity index (χ2v) is 21.3. The van der Waals surface area contributed by atoms with E-state index in [0.29, 0.717) is 19.3 Å². The van der Waals surface area contributed by atoms with Crippen LogP contribution in [0.25, 0.3) is 0 Å². The van der Waals surface area contributed by atoms with Crippen LogP contribution in [0.15, 0.2) is 60.8 Å². The van der Waals surface area contributed by atoms with Crippen LogP contribution in [0.2, 0.25) is 0 Å². The molecular formula is C67H120O6.